The van der Waals surface area contributed by atoms with E-state index in [0.717, 1.165) is 11.1 Å². The molecular formula is C15H14BrFN2O. The van der Waals surface area contributed by atoms with Gasteiger partial charge >= 0.3 is 0 Å². The molecule has 1 amide bonds. The van der Waals surface area contributed by atoms with E-state index in [1.807, 2.05) is 26.0 Å². The zero-order valence-electron chi connectivity index (χ0n) is 11.1. The first-order chi connectivity index (χ1) is 9.38. The molecular weight excluding hydrogens is 323 g/mol. The molecule has 20 heavy (non-hydrogen) atoms. The van der Waals surface area contributed by atoms with Crippen molar-refractivity contribution in [3.05, 3.63) is 57.3 Å². The maximum Gasteiger partial charge on any atom is 0.255 e. The van der Waals surface area contributed by atoms with Crippen LogP contribution in [0.15, 0.2) is 34.8 Å². The molecule has 0 aliphatic carbocycles. The number of carbonyl (C=O) groups is 1. The van der Waals surface area contributed by atoms with Gasteiger partial charge in [-0.3, -0.25) is 4.79 Å². The fourth-order valence-electron chi connectivity index (χ4n) is 1.81. The highest BCUT2D eigenvalue weighted by atomic mass is 79.9. The number of anilines is 2. The van der Waals surface area contributed by atoms with Crippen molar-refractivity contribution in [3.63, 3.8) is 0 Å². The summed E-state index contributed by atoms with van der Waals surface area (Å²) in [6, 6.07) is 7.77. The molecule has 0 fully saturated rings. The highest BCUT2D eigenvalue weighted by molar-refractivity contribution is 9.10. The van der Waals surface area contributed by atoms with Crippen LogP contribution in [0.4, 0.5) is 15.8 Å². The van der Waals surface area contributed by atoms with Gasteiger partial charge in [-0.05, 0) is 71.2 Å². The summed E-state index contributed by atoms with van der Waals surface area (Å²) in [6.07, 6.45) is 0. The van der Waals surface area contributed by atoms with Crippen LogP contribution in [0.5, 0.6) is 0 Å². The van der Waals surface area contributed by atoms with E-state index in [4.69, 9.17) is 5.73 Å². The number of benzene rings is 2. The number of hydrogen-bond donors (Lipinski definition) is 2. The summed E-state index contributed by atoms with van der Waals surface area (Å²) in [6.45, 7) is 3.74. The number of rotatable bonds is 2. The molecule has 0 aliphatic heterocycles. The minimum atomic E-state index is -0.402. The van der Waals surface area contributed by atoms with Crippen LogP contribution in [0.3, 0.4) is 0 Å². The van der Waals surface area contributed by atoms with Gasteiger partial charge < -0.3 is 11.1 Å². The third-order valence-electron chi connectivity index (χ3n) is 3.04. The van der Waals surface area contributed by atoms with Gasteiger partial charge in [0.1, 0.15) is 5.82 Å². The second-order valence-electron chi connectivity index (χ2n) is 4.61. The monoisotopic (exact) mass is 336 g/mol. The van der Waals surface area contributed by atoms with Gasteiger partial charge in [-0.2, -0.15) is 0 Å². The first kappa shape index (κ1) is 14.5. The van der Waals surface area contributed by atoms with Crippen LogP contribution in [0.2, 0.25) is 0 Å². The van der Waals surface area contributed by atoms with Crippen LogP contribution >= 0.6 is 15.9 Å². The maximum atomic E-state index is 13.2. The van der Waals surface area contributed by atoms with E-state index in [2.05, 4.69) is 21.2 Å². The van der Waals surface area contributed by atoms with Crippen molar-refractivity contribution < 1.29 is 9.18 Å². The Kier molecular flexibility index (Phi) is 4.09. The zero-order chi connectivity index (χ0) is 14.9. The number of nitrogen functional groups attached to an aromatic ring is 1. The molecule has 0 saturated heterocycles. The summed E-state index contributed by atoms with van der Waals surface area (Å²) in [4.78, 5) is 12.1. The molecule has 0 unspecified atom stereocenters. The SMILES string of the molecule is Cc1cc(NC(=O)c2ccc(F)c(Br)c2)c(C)cc1N. The van der Waals surface area contributed by atoms with Crippen LogP contribution in [-0.4, -0.2) is 5.91 Å². The normalized spacial score (nSPS) is 10.4. The van der Waals surface area contributed by atoms with Gasteiger partial charge in [-0.15, -0.1) is 0 Å². The molecule has 0 atom stereocenters. The summed E-state index contributed by atoms with van der Waals surface area (Å²) in [5, 5.41) is 2.80. The first-order valence-electron chi connectivity index (χ1n) is 6.01. The molecule has 0 bridgehead atoms. The van der Waals surface area contributed by atoms with Gasteiger partial charge in [0.15, 0.2) is 0 Å². The minimum absolute atomic E-state index is 0.260. The molecule has 2 aromatic rings. The van der Waals surface area contributed by atoms with E-state index in [0.29, 0.717) is 16.9 Å². The number of halogens is 2. The number of aryl methyl sites for hydroxylation is 2. The molecule has 5 heteroatoms. The summed E-state index contributed by atoms with van der Waals surface area (Å²) in [5.41, 5.74) is 9.34. The number of hydrogen-bond acceptors (Lipinski definition) is 2. The molecule has 0 aromatic heterocycles. The lowest BCUT2D eigenvalue weighted by Crippen LogP contribution is -2.13. The van der Waals surface area contributed by atoms with Gasteiger partial charge in [0.05, 0.1) is 4.47 Å². The molecule has 3 nitrogen and oxygen atoms in total. The predicted octanol–water partition coefficient (Wildman–Crippen LogP) is 4.04. The lowest BCUT2D eigenvalue weighted by atomic mass is 10.1. The van der Waals surface area contributed by atoms with E-state index in [1.165, 1.54) is 18.2 Å². The molecule has 0 radical (unpaired) electrons. The molecule has 0 aliphatic rings. The van der Waals surface area contributed by atoms with Gasteiger partial charge in [0.2, 0.25) is 0 Å². The average Bonchev–Trinajstić information content (AvgIpc) is 2.39. The van der Waals surface area contributed by atoms with Gasteiger partial charge in [-0.1, -0.05) is 0 Å². The summed E-state index contributed by atoms with van der Waals surface area (Å²) in [5.74, 6) is -0.695. The Morgan fingerprint density at radius 3 is 2.55 bits per heavy atom. The Morgan fingerprint density at radius 1 is 1.20 bits per heavy atom. The largest absolute Gasteiger partial charge is 0.399 e. The predicted molar refractivity (Wildman–Crippen MR) is 82.4 cm³/mol. The van der Waals surface area contributed by atoms with E-state index in [-0.39, 0.29) is 10.4 Å². The third-order valence-corrected chi connectivity index (χ3v) is 3.65. The number of nitrogens with two attached hydrogens (primary N) is 1. The summed E-state index contributed by atoms with van der Waals surface area (Å²) in [7, 11) is 0. The van der Waals surface area contributed by atoms with Crippen LogP contribution < -0.4 is 11.1 Å². The fraction of sp³-hybridized carbons (Fsp3) is 0.133. The van der Waals surface area contributed by atoms with Crippen LogP contribution in [-0.2, 0) is 0 Å². The fourth-order valence-corrected chi connectivity index (χ4v) is 2.18. The Morgan fingerprint density at radius 2 is 1.90 bits per heavy atom. The molecule has 3 N–H and O–H groups in total. The second kappa shape index (κ2) is 5.63. The highest BCUT2D eigenvalue weighted by Crippen LogP contribution is 2.23. The molecule has 0 saturated carbocycles. The van der Waals surface area contributed by atoms with Crippen LogP contribution in [0.1, 0.15) is 21.5 Å². The Bertz CT molecular complexity index is 686. The average molecular weight is 337 g/mol. The van der Waals surface area contributed by atoms with E-state index in [9.17, 15) is 9.18 Å². The lowest BCUT2D eigenvalue weighted by Gasteiger charge is -2.11. The maximum absolute atomic E-state index is 13.2. The molecule has 104 valence electrons. The molecule has 2 rings (SSSR count). The first-order valence-corrected chi connectivity index (χ1v) is 6.81. The summed E-state index contributed by atoms with van der Waals surface area (Å²) >= 11 is 3.06. The highest BCUT2D eigenvalue weighted by Gasteiger charge is 2.11. The Hall–Kier alpha value is -1.88. The zero-order valence-corrected chi connectivity index (χ0v) is 12.7. The van der Waals surface area contributed by atoms with Gasteiger partial charge in [-0.25, -0.2) is 4.39 Å². The van der Waals surface area contributed by atoms with Crippen molar-refractivity contribution in [3.8, 4) is 0 Å². The van der Waals surface area contributed by atoms with E-state index < -0.39 is 5.82 Å². The van der Waals surface area contributed by atoms with Crippen molar-refractivity contribution in [2.75, 3.05) is 11.1 Å². The quantitative estimate of drug-likeness (QED) is 0.813. The smallest absolute Gasteiger partial charge is 0.255 e. The molecule has 2 aromatic carbocycles. The Balaban J connectivity index is 2.27. The van der Waals surface area contributed by atoms with Crippen molar-refractivity contribution in [2.24, 2.45) is 0 Å². The lowest BCUT2D eigenvalue weighted by molar-refractivity contribution is 0.102. The van der Waals surface area contributed by atoms with Crippen LogP contribution in [0.25, 0.3) is 0 Å². The van der Waals surface area contributed by atoms with Crippen molar-refractivity contribution in [2.45, 2.75) is 13.8 Å². The van der Waals surface area contributed by atoms with Crippen molar-refractivity contribution in [1.29, 1.82) is 0 Å². The molecule has 0 spiro atoms. The summed E-state index contributed by atoms with van der Waals surface area (Å²) < 4.78 is 13.4. The van der Waals surface area contributed by atoms with Gasteiger partial charge in [0.25, 0.3) is 5.91 Å². The van der Waals surface area contributed by atoms with Crippen LogP contribution in [0, 0.1) is 19.7 Å². The number of carbonyl (C=O) groups excluding carboxylic acids is 1. The van der Waals surface area contributed by atoms with Crippen molar-refractivity contribution in [1.82, 2.24) is 0 Å². The topological polar surface area (TPSA) is 55.1 Å². The second-order valence-corrected chi connectivity index (χ2v) is 5.46. The third kappa shape index (κ3) is 2.99. The molecule has 0 heterocycles. The van der Waals surface area contributed by atoms with E-state index in [1.54, 1.807) is 0 Å². The van der Waals surface area contributed by atoms with E-state index >= 15 is 0 Å². The van der Waals surface area contributed by atoms with Crippen molar-refractivity contribution >= 4 is 33.2 Å². The number of nitrogens with one attached hydrogen (secondary N) is 1. The minimum Gasteiger partial charge on any atom is -0.399 e. The Labute approximate surface area is 125 Å². The van der Waals surface area contributed by atoms with Gasteiger partial charge in [0, 0.05) is 16.9 Å². The standard InChI is InChI=1S/C15H14BrFN2O/c1-8-6-14(9(2)5-13(8)18)19-15(20)10-3-4-12(17)11(16)7-10/h3-7H,18H2,1-2H3,(H,19,20). The number of amides is 1.